The van der Waals surface area contributed by atoms with Crippen molar-refractivity contribution in [3.63, 3.8) is 0 Å². The smallest absolute Gasteiger partial charge is 0.256 e. The maximum absolute atomic E-state index is 14.5. The summed E-state index contributed by atoms with van der Waals surface area (Å²) in [6, 6.07) is 0.841. The van der Waals surface area contributed by atoms with Crippen LogP contribution in [0.15, 0.2) is 18.3 Å². The molecular formula is C19H19F2N5O2. The number of ether oxygens (including phenoxy) is 1. The molecule has 4 heterocycles. The molecule has 146 valence electrons. The number of halogens is 2. The fourth-order valence-corrected chi connectivity index (χ4v) is 4.01. The molecule has 1 amide bonds. The molecule has 0 aliphatic carbocycles. The SMILES string of the molecule is C[C@H]1NC2C=Cn3ncc(c3N2)C(=O)NCC2(C)Cc3c(F)c(F)cc1c3O2. The van der Waals surface area contributed by atoms with Crippen molar-refractivity contribution < 1.29 is 18.3 Å². The Morgan fingerprint density at radius 2 is 2.21 bits per heavy atom. The summed E-state index contributed by atoms with van der Waals surface area (Å²) in [7, 11) is 0. The summed E-state index contributed by atoms with van der Waals surface area (Å²) in [5.41, 5.74) is 0.269. The Morgan fingerprint density at radius 1 is 1.39 bits per heavy atom. The van der Waals surface area contributed by atoms with Crippen molar-refractivity contribution >= 4 is 17.9 Å². The number of nitrogens with zero attached hydrogens (tertiary/aromatic N) is 2. The number of hydrogen-bond acceptors (Lipinski definition) is 5. The number of nitrogens with one attached hydrogen (secondary N) is 3. The number of fused-ring (bicyclic) bond motifs is 2. The van der Waals surface area contributed by atoms with E-state index in [0.717, 1.165) is 0 Å². The minimum Gasteiger partial charge on any atom is -0.485 e. The summed E-state index contributed by atoms with van der Waals surface area (Å²) in [4.78, 5) is 12.7. The van der Waals surface area contributed by atoms with Crippen LogP contribution in [0.3, 0.4) is 0 Å². The Hall–Kier alpha value is -2.94. The molecule has 9 heteroatoms. The summed E-state index contributed by atoms with van der Waals surface area (Å²) in [6.45, 7) is 3.78. The van der Waals surface area contributed by atoms with Crippen LogP contribution in [0.4, 0.5) is 14.6 Å². The Kier molecular flexibility index (Phi) is 3.54. The molecule has 3 atom stereocenters. The second-order valence-corrected chi connectivity index (χ2v) is 7.68. The Morgan fingerprint density at radius 3 is 3.04 bits per heavy atom. The average Bonchev–Trinajstić information content (AvgIpc) is 3.23. The third kappa shape index (κ3) is 2.50. The molecule has 3 N–H and O–H groups in total. The van der Waals surface area contributed by atoms with Crippen molar-refractivity contribution in [2.24, 2.45) is 0 Å². The maximum Gasteiger partial charge on any atom is 0.256 e. The van der Waals surface area contributed by atoms with Crippen LogP contribution >= 0.6 is 0 Å². The zero-order valence-electron chi connectivity index (χ0n) is 15.3. The van der Waals surface area contributed by atoms with E-state index in [1.165, 1.54) is 12.3 Å². The zero-order valence-corrected chi connectivity index (χ0v) is 15.3. The van der Waals surface area contributed by atoms with Crippen LogP contribution in [0.25, 0.3) is 6.20 Å². The number of amides is 1. The van der Waals surface area contributed by atoms with Gasteiger partial charge in [-0.05, 0) is 26.0 Å². The number of rotatable bonds is 0. The molecule has 3 aliphatic heterocycles. The van der Waals surface area contributed by atoms with Crippen molar-refractivity contribution in [1.82, 2.24) is 20.4 Å². The molecule has 0 saturated carbocycles. The van der Waals surface area contributed by atoms with Crippen molar-refractivity contribution in [3.8, 4) is 5.75 Å². The first kappa shape index (κ1) is 17.2. The second-order valence-electron chi connectivity index (χ2n) is 7.68. The maximum atomic E-state index is 14.5. The summed E-state index contributed by atoms with van der Waals surface area (Å²) in [6.07, 6.45) is 4.91. The van der Waals surface area contributed by atoms with E-state index in [1.807, 2.05) is 13.0 Å². The van der Waals surface area contributed by atoms with E-state index in [4.69, 9.17) is 4.74 Å². The molecule has 5 rings (SSSR count). The minimum absolute atomic E-state index is 0.146. The van der Waals surface area contributed by atoms with E-state index in [-0.39, 0.29) is 36.6 Å². The zero-order chi connectivity index (χ0) is 19.6. The van der Waals surface area contributed by atoms with Crippen LogP contribution in [-0.2, 0) is 6.42 Å². The van der Waals surface area contributed by atoms with Crippen LogP contribution in [0.5, 0.6) is 5.75 Å². The molecule has 3 aliphatic rings. The van der Waals surface area contributed by atoms with Crippen LogP contribution in [0.2, 0.25) is 0 Å². The molecule has 0 spiro atoms. The number of carbonyl (C=O) groups excluding carboxylic acids is 1. The molecule has 2 aromatic rings. The first-order chi connectivity index (χ1) is 13.3. The Balaban J connectivity index is 1.62. The van der Waals surface area contributed by atoms with Gasteiger partial charge in [-0.1, -0.05) is 0 Å². The van der Waals surface area contributed by atoms with E-state index in [9.17, 15) is 13.6 Å². The summed E-state index contributed by atoms with van der Waals surface area (Å²) in [5, 5.41) is 13.6. The quantitative estimate of drug-likeness (QED) is 0.646. The normalized spacial score (nSPS) is 27.8. The van der Waals surface area contributed by atoms with Crippen molar-refractivity contribution in [2.75, 3.05) is 11.9 Å². The highest BCUT2D eigenvalue weighted by atomic mass is 19.2. The van der Waals surface area contributed by atoms with Gasteiger partial charge in [-0.15, -0.1) is 0 Å². The third-order valence-electron chi connectivity index (χ3n) is 5.46. The lowest BCUT2D eigenvalue weighted by molar-refractivity contribution is 0.0838. The topological polar surface area (TPSA) is 80.2 Å². The van der Waals surface area contributed by atoms with Gasteiger partial charge in [-0.3, -0.25) is 10.1 Å². The number of carbonyl (C=O) groups is 1. The standard InChI is InChI=1S/C19H19F2N5O2/c1-9-10-5-13(20)15(21)11-6-19(2,28-16(10)11)8-22-18(27)12-7-23-26-4-3-14(24-9)25-17(12)26/h3-5,7,9,14,24-25H,6,8H2,1-2H3,(H,22,27)/t9-,14?,19?/m1/s1. The largest absolute Gasteiger partial charge is 0.485 e. The second kappa shape index (κ2) is 5.78. The highest BCUT2D eigenvalue weighted by Gasteiger charge is 2.41. The van der Waals surface area contributed by atoms with Crippen molar-refractivity contribution in [2.45, 2.75) is 38.1 Å². The lowest BCUT2D eigenvalue weighted by atomic mass is 9.96. The molecule has 0 radical (unpaired) electrons. The van der Waals surface area contributed by atoms with Crippen LogP contribution in [0, 0.1) is 11.6 Å². The molecule has 0 fully saturated rings. The van der Waals surface area contributed by atoms with E-state index >= 15 is 0 Å². The van der Waals surface area contributed by atoms with Gasteiger partial charge in [0.05, 0.1) is 18.9 Å². The van der Waals surface area contributed by atoms with Gasteiger partial charge in [0.25, 0.3) is 5.91 Å². The first-order valence-electron chi connectivity index (χ1n) is 9.11. The molecule has 4 bridgehead atoms. The third-order valence-corrected chi connectivity index (χ3v) is 5.46. The molecule has 28 heavy (non-hydrogen) atoms. The number of anilines is 1. The van der Waals surface area contributed by atoms with Crippen LogP contribution < -0.4 is 20.7 Å². The molecule has 2 unspecified atom stereocenters. The van der Waals surface area contributed by atoms with E-state index < -0.39 is 17.2 Å². The van der Waals surface area contributed by atoms with E-state index in [0.29, 0.717) is 22.7 Å². The van der Waals surface area contributed by atoms with Crippen molar-refractivity contribution in [1.29, 1.82) is 0 Å². The Bertz CT molecular complexity index is 1030. The Labute approximate surface area is 159 Å². The number of benzene rings is 1. The molecular weight excluding hydrogens is 368 g/mol. The fraction of sp³-hybridized carbons (Fsp3) is 0.368. The number of aromatic nitrogens is 2. The van der Waals surface area contributed by atoms with Gasteiger partial charge in [-0.25, -0.2) is 13.5 Å². The molecule has 0 saturated heterocycles. The first-order valence-corrected chi connectivity index (χ1v) is 9.11. The van der Waals surface area contributed by atoms with Gasteiger partial charge in [0, 0.05) is 29.8 Å². The molecule has 1 aromatic carbocycles. The average molecular weight is 387 g/mol. The summed E-state index contributed by atoms with van der Waals surface area (Å²) >= 11 is 0. The van der Waals surface area contributed by atoms with Gasteiger partial charge in [0.2, 0.25) is 0 Å². The number of hydrogen-bond donors (Lipinski definition) is 3. The van der Waals surface area contributed by atoms with Crippen LogP contribution in [-0.4, -0.2) is 34.0 Å². The lowest BCUT2D eigenvalue weighted by Crippen LogP contribution is -2.44. The summed E-state index contributed by atoms with van der Waals surface area (Å²) in [5.74, 6) is -1.21. The lowest BCUT2D eigenvalue weighted by Gasteiger charge is -2.27. The van der Waals surface area contributed by atoms with Crippen molar-refractivity contribution in [3.05, 3.63) is 46.7 Å². The molecule has 7 nitrogen and oxygen atoms in total. The van der Waals surface area contributed by atoms with Gasteiger partial charge in [0.1, 0.15) is 22.7 Å². The predicted molar refractivity (Wildman–Crippen MR) is 97.9 cm³/mol. The fourth-order valence-electron chi connectivity index (χ4n) is 4.01. The highest BCUT2D eigenvalue weighted by molar-refractivity contribution is 5.99. The summed E-state index contributed by atoms with van der Waals surface area (Å²) < 4.78 is 36.4. The monoisotopic (exact) mass is 387 g/mol. The minimum atomic E-state index is -0.904. The predicted octanol–water partition coefficient (Wildman–Crippen LogP) is 2.17. The molecule has 1 aromatic heterocycles. The van der Waals surface area contributed by atoms with Gasteiger partial charge in [0.15, 0.2) is 11.6 Å². The van der Waals surface area contributed by atoms with Gasteiger partial charge < -0.3 is 15.4 Å². The highest BCUT2D eigenvalue weighted by Crippen LogP contribution is 2.42. The van der Waals surface area contributed by atoms with Gasteiger partial charge in [-0.2, -0.15) is 5.10 Å². The van der Waals surface area contributed by atoms with E-state index in [1.54, 1.807) is 17.8 Å². The van der Waals surface area contributed by atoms with Gasteiger partial charge >= 0.3 is 0 Å². The van der Waals surface area contributed by atoms with Crippen LogP contribution in [0.1, 0.15) is 41.4 Å². The van der Waals surface area contributed by atoms with E-state index in [2.05, 4.69) is 21.0 Å².